The molecule has 1 aliphatic heterocycles. The van der Waals surface area contributed by atoms with Crippen molar-refractivity contribution in [1.29, 1.82) is 0 Å². The Labute approximate surface area is 234 Å². The zero-order valence-corrected chi connectivity index (χ0v) is 24.3. The normalized spacial score (nSPS) is 33.6. The van der Waals surface area contributed by atoms with Gasteiger partial charge in [0, 0.05) is 33.4 Å². The van der Waals surface area contributed by atoms with Crippen molar-refractivity contribution in [3.05, 3.63) is 44.8 Å². The van der Waals surface area contributed by atoms with Gasteiger partial charge in [0.2, 0.25) is 0 Å². The number of hydrogen-bond acceptors (Lipinski definition) is 11. The summed E-state index contributed by atoms with van der Waals surface area (Å²) in [5, 5.41) is 3.83. The zero-order chi connectivity index (χ0) is 28.4. The number of fused-ring (bicyclic) bond motifs is 3. The molecule has 1 saturated heterocycles. The number of thiophene rings is 2. The second kappa shape index (κ2) is 9.42. The first-order valence-electron chi connectivity index (χ1n) is 12.6. The van der Waals surface area contributed by atoms with Crippen molar-refractivity contribution >= 4 is 46.6 Å². The van der Waals surface area contributed by atoms with E-state index in [0.29, 0.717) is 0 Å². The van der Waals surface area contributed by atoms with Gasteiger partial charge in [0.25, 0.3) is 0 Å². The van der Waals surface area contributed by atoms with Gasteiger partial charge in [-0.3, -0.25) is 19.2 Å². The molecule has 0 aromatic carbocycles. The lowest BCUT2D eigenvalue weighted by molar-refractivity contribution is -0.201. The van der Waals surface area contributed by atoms with E-state index in [9.17, 15) is 19.2 Å². The fourth-order valence-electron chi connectivity index (χ4n) is 8.17. The molecule has 3 heterocycles. The standard InChI is InChI=1S/C28H32O9S2/c1-25-16(18-10-8-12-39-18)14-27(21(29)33-3,22(30)34-4)20(25)19-15(17-9-7-11-38-17)13-28(23(31)35-5,24(32)36-6)26(19,2)37-25/h7-12,15-16,19-20H,13-14H2,1-6H3/t15-,16+,19-,20-,25-,26+/m0/s1. The van der Waals surface area contributed by atoms with E-state index in [4.69, 9.17) is 23.7 Å². The van der Waals surface area contributed by atoms with Gasteiger partial charge in [-0.1, -0.05) is 12.1 Å². The number of carbonyl (C=O) groups excluding carboxylic acids is 4. The topological polar surface area (TPSA) is 114 Å². The molecular weight excluding hydrogens is 544 g/mol. The van der Waals surface area contributed by atoms with E-state index in [-0.39, 0.29) is 12.8 Å². The Morgan fingerprint density at radius 2 is 1.31 bits per heavy atom. The van der Waals surface area contributed by atoms with E-state index >= 15 is 0 Å². The Morgan fingerprint density at radius 3 is 1.77 bits per heavy atom. The molecule has 3 aliphatic rings. The van der Waals surface area contributed by atoms with Gasteiger partial charge in [-0.05, 0) is 49.6 Å². The Kier molecular flexibility index (Phi) is 6.71. The first kappa shape index (κ1) is 27.8. The highest BCUT2D eigenvalue weighted by atomic mass is 32.1. The third-order valence-electron chi connectivity index (χ3n) is 9.56. The molecular formula is C28H32O9S2. The number of esters is 4. The molecule has 2 aromatic heterocycles. The first-order chi connectivity index (χ1) is 18.5. The lowest BCUT2D eigenvalue weighted by Crippen LogP contribution is -2.57. The summed E-state index contributed by atoms with van der Waals surface area (Å²) in [7, 11) is 4.94. The number of ether oxygens (including phenoxy) is 5. The van der Waals surface area contributed by atoms with Crippen molar-refractivity contribution in [3.8, 4) is 0 Å². The van der Waals surface area contributed by atoms with Crippen molar-refractivity contribution in [2.24, 2.45) is 22.7 Å². The fraction of sp³-hybridized carbons (Fsp3) is 0.571. The first-order valence-corrected chi connectivity index (χ1v) is 14.4. The van der Waals surface area contributed by atoms with E-state index in [2.05, 4.69) is 0 Å². The van der Waals surface area contributed by atoms with Gasteiger partial charge in [0.05, 0.1) is 39.6 Å². The second-order valence-corrected chi connectivity index (χ2v) is 12.8. The molecule has 0 bridgehead atoms. The molecule has 0 amide bonds. The Hall–Kier alpha value is -2.76. The van der Waals surface area contributed by atoms with Gasteiger partial charge in [-0.2, -0.15) is 0 Å². The third-order valence-corrected chi connectivity index (χ3v) is 11.6. The Balaban J connectivity index is 1.85. The van der Waals surface area contributed by atoms with Crippen molar-refractivity contribution in [2.45, 2.75) is 49.7 Å². The van der Waals surface area contributed by atoms with Gasteiger partial charge in [-0.25, -0.2) is 0 Å². The van der Waals surface area contributed by atoms with Crippen molar-refractivity contribution < 1.29 is 42.9 Å². The van der Waals surface area contributed by atoms with Crippen LogP contribution in [0.4, 0.5) is 0 Å². The number of methoxy groups -OCH3 is 4. The summed E-state index contributed by atoms with van der Waals surface area (Å²) in [5.41, 5.74) is -6.24. The molecule has 5 rings (SSSR count). The van der Waals surface area contributed by atoms with E-state index in [1.807, 2.05) is 41.9 Å². The van der Waals surface area contributed by atoms with Crippen LogP contribution in [0.1, 0.15) is 48.3 Å². The van der Waals surface area contributed by atoms with E-state index < -0.39 is 69.6 Å². The van der Waals surface area contributed by atoms with E-state index in [0.717, 1.165) is 9.75 Å². The Bertz CT molecular complexity index is 1250. The van der Waals surface area contributed by atoms with Crippen LogP contribution in [0, 0.1) is 22.7 Å². The molecule has 0 spiro atoms. The average molecular weight is 577 g/mol. The fourth-order valence-corrected chi connectivity index (χ4v) is 10.00. The van der Waals surface area contributed by atoms with Gasteiger partial charge < -0.3 is 23.7 Å². The maximum absolute atomic E-state index is 13.8. The van der Waals surface area contributed by atoms with E-state index in [1.165, 1.54) is 51.1 Å². The summed E-state index contributed by atoms with van der Waals surface area (Å²) in [6, 6.07) is 7.65. The van der Waals surface area contributed by atoms with Crippen LogP contribution >= 0.6 is 22.7 Å². The molecule has 0 unspecified atom stereocenters. The molecule has 0 N–H and O–H groups in total. The number of hydrogen-bond donors (Lipinski definition) is 0. The maximum Gasteiger partial charge on any atom is 0.326 e. The molecule has 39 heavy (non-hydrogen) atoms. The predicted molar refractivity (Wildman–Crippen MR) is 141 cm³/mol. The molecule has 11 heteroatoms. The average Bonchev–Trinajstić information content (AvgIpc) is 3.74. The largest absolute Gasteiger partial charge is 0.468 e. The van der Waals surface area contributed by atoms with Crippen LogP contribution in [-0.2, 0) is 42.9 Å². The molecule has 210 valence electrons. The SMILES string of the molecule is COC(=O)C1(C(=O)OC)C[C@H](c2cccs2)[C@]2(C)O[C@]3(C)[C@H]([C@H]12)[C@H](c1cccs1)CC3(C(=O)OC)C(=O)OC. The van der Waals surface area contributed by atoms with Gasteiger partial charge in [0.15, 0.2) is 10.8 Å². The van der Waals surface area contributed by atoms with Gasteiger partial charge in [-0.15, -0.1) is 22.7 Å². The summed E-state index contributed by atoms with van der Waals surface area (Å²) in [6.45, 7) is 3.58. The third kappa shape index (κ3) is 3.32. The summed E-state index contributed by atoms with van der Waals surface area (Å²) >= 11 is 2.97. The summed E-state index contributed by atoms with van der Waals surface area (Å²) in [6.07, 6.45) is 0.129. The van der Waals surface area contributed by atoms with Crippen LogP contribution in [0.3, 0.4) is 0 Å². The summed E-state index contributed by atoms with van der Waals surface area (Å²) in [5.74, 6) is -5.33. The minimum atomic E-state index is -1.85. The molecule has 2 aromatic rings. The lowest BCUT2D eigenvalue weighted by Gasteiger charge is -2.41. The molecule has 9 nitrogen and oxygen atoms in total. The summed E-state index contributed by atoms with van der Waals surface area (Å²) in [4.78, 5) is 56.8. The summed E-state index contributed by atoms with van der Waals surface area (Å²) < 4.78 is 28.1. The van der Waals surface area contributed by atoms with Crippen LogP contribution in [0.2, 0.25) is 0 Å². The molecule has 2 saturated carbocycles. The molecule has 3 fully saturated rings. The number of rotatable bonds is 6. The van der Waals surface area contributed by atoms with Crippen LogP contribution in [-0.4, -0.2) is 63.5 Å². The molecule has 2 aliphatic carbocycles. The highest BCUT2D eigenvalue weighted by molar-refractivity contribution is 7.10. The quantitative estimate of drug-likeness (QED) is 0.287. The zero-order valence-electron chi connectivity index (χ0n) is 22.7. The van der Waals surface area contributed by atoms with Crippen molar-refractivity contribution in [1.82, 2.24) is 0 Å². The smallest absolute Gasteiger partial charge is 0.326 e. The minimum absolute atomic E-state index is 0.0305. The molecule has 6 atom stereocenters. The van der Waals surface area contributed by atoms with Crippen molar-refractivity contribution in [3.63, 3.8) is 0 Å². The van der Waals surface area contributed by atoms with Gasteiger partial charge >= 0.3 is 23.9 Å². The lowest BCUT2D eigenvalue weighted by atomic mass is 9.62. The molecule has 0 radical (unpaired) electrons. The van der Waals surface area contributed by atoms with Gasteiger partial charge in [0.1, 0.15) is 0 Å². The van der Waals surface area contributed by atoms with Crippen molar-refractivity contribution in [2.75, 3.05) is 28.4 Å². The van der Waals surface area contributed by atoms with E-state index in [1.54, 1.807) is 6.92 Å². The van der Waals surface area contributed by atoms with Crippen LogP contribution in [0.25, 0.3) is 0 Å². The second-order valence-electron chi connectivity index (χ2n) is 10.8. The van der Waals surface area contributed by atoms with Crippen LogP contribution in [0.5, 0.6) is 0 Å². The number of carbonyl (C=O) groups is 4. The maximum atomic E-state index is 13.8. The highest BCUT2D eigenvalue weighted by Crippen LogP contribution is 2.77. The highest BCUT2D eigenvalue weighted by Gasteiger charge is 2.86. The van der Waals surface area contributed by atoms with Crippen LogP contribution in [0.15, 0.2) is 35.0 Å². The Morgan fingerprint density at radius 1 is 0.795 bits per heavy atom. The van der Waals surface area contributed by atoms with Crippen LogP contribution < -0.4 is 0 Å². The predicted octanol–water partition coefficient (Wildman–Crippen LogP) is 3.93. The monoisotopic (exact) mass is 576 g/mol. The minimum Gasteiger partial charge on any atom is -0.468 e.